The molecule has 0 bridgehead atoms. The lowest BCUT2D eigenvalue weighted by Crippen LogP contribution is -2.02. The maximum atomic E-state index is 11.5. The van der Waals surface area contributed by atoms with Crippen molar-refractivity contribution in [2.45, 2.75) is 20.3 Å². The third kappa shape index (κ3) is 2.28. The highest BCUT2D eigenvalue weighted by Gasteiger charge is 2.22. The highest BCUT2D eigenvalue weighted by atomic mass is 35.5. The van der Waals surface area contributed by atoms with E-state index in [1.807, 2.05) is 44.2 Å². The minimum absolute atomic E-state index is 0.0196. The number of aromatic carboxylic acids is 1. The van der Waals surface area contributed by atoms with Crippen LogP contribution in [0.4, 0.5) is 0 Å². The minimum Gasteiger partial charge on any atom is -0.475 e. The molecule has 0 spiro atoms. The van der Waals surface area contributed by atoms with Crippen LogP contribution < -0.4 is 0 Å². The van der Waals surface area contributed by atoms with Crippen molar-refractivity contribution >= 4 is 39.3 Å². The number of benzene rings is 2. The summed E-state index contributed by atoms with van der Waals surface area (Å²) in [6, 6.07) is 9.41. The van der Waals surface area contributed by atoms with Crippen LogP contribution in [0.1, 0.15) is 30.0 Å². The molecule has 0 saturated heterocycles. The molecule has 0 aliphatic carbocycles. The van der Waals surface area contributed by atoms with E-state index in [1.54, 1.807) is 0 Å². The first kappa shape index (κ1) is 14.0. The maximum Gasteiger partial charge on any atom is 0.372 e. The average molecular weight is 303 g/mol. The molecule has 0 radical (unpaired) electrons. The second-order valence-corrected chi connectivity index (χ2v) is 6.00. The van der Waals surface area contributed by atoms with Gasteiger partial charge >= 0.3 is 5.97 Å². The zero-order chi connectivity index (χ0) is 15.1. The molecule has 0 fully saturated rings. The summed E-state index contributed by atoms with van der Waals surface area (Å²) >= 11 is 6.34. The van der Waals surface area contributed by atoms with Crippen LogP contribution >= 0.6 is 11.6 Å². The van der Waals surface area contributed by atoms with Crippen molar-refractivity contribution in [3.63, 3.8) is 0 Å². The molecule has 4 heteroatoms. The molecular formula is C17H15ClO3. The third-order valence-corrected chi connectivity index (χ3v) is 3.87. The van der Waals surface area contributed by atoms with Gasteiger partial charge in [0.2, 0.25) is 5.76 Å². The summed E-state index contributed by atoms with van der Waals surface area (Å²) < 4.78 is 5.67. The lowest BCUT2D eigenvalue weighted by molar-refractivity contribution is 0.0663. The van der Waals surface area contributed by atoms with E-state index in [1.165, 1.54) is 0 Å². The zero-order valence-electron chi connectivity index (χ0n) is 11.8. The van der Waals surface area contributed by atoms with E-state index in [-0.39, 0.29) is 5.76 Å². The Labute approximate surface area is 127 Å². The van der Waals surface area contributed by atoms with Crippen LogP contribution in [0.15, 0.2) is 34.7 Å². The molecule has 1 heterocycles. The maximum absolute atomic E-state index is 11.5. The molecule has 3 nitrogen and oxygen atoms in total. The molecule has 0 saturated carbocycles. The fraction of sp³-hybridized carbons (Fsp3) is 0.235. The van der Waals surface area contributed by atoms with Crippen molar-refractivity contribution in [3.05, 3.63) is 46.7 Å². The van der Waals surface area contributed by atoms with Gasteiger partial charge in [0, 0.05) is 26.7 Å². The summed E-state index contributed by atoms with van der Waals surface area (Å²) in [6.45, 7) is 4.10. The van der Waals surface area contributed by atoms with Crippen LogP contribution in [-0.4, -0.2) is 11.1 Å². The van der Waals surface area contributed by atoms with Gasteiger partial charge in [-0.05, 0) is 18.4 Å². The lowest BCUT2D eigenvalue weighted by Gasteiger charge is -2.05. The van der Waals surface area contributed by atoms with Crippen LogP contribution in [0.2, 0.25) is 5.02 Å². The van der Waals surface area contributed by atoms with Crippen molar-refractivity contribution in [1.82, 2.24) is 0 Å². The number of carboxylic acid groups (broad SMARTS) is 1. The number of hydrogen-bond acceptors (Lipinski definition) is 2. The van der Waals surface area contributed by atoms with Gasteiger partial charge in [0.15, 0.2) is 0 Å². The topological polar surface area (TPSA) is 50.4 Å². The van der Waals surface area contributed by atoms with E-state index < -0.39 is 5.97 Å². The molecule has 0 aliphatic heterocycles. The van der Waals surface area contributed by atoms with Crippen LogP contribution in [0.25, 0.3) is 21.7 Å². The van der Waals surface area contributed by atoms with Crippen molar-refractivity contribution < 1.29 is 14.3 Å². The standard InChI is InChI=1S/C17H15ClO3/c1-9(2)7-12-13-8-14(18)10-5-3-4-6-11(10)15(13)21-16(12)17(19)20/h3-6,8-9H,7H2,1-2H3,(H,19,20). The van der Waals surface area contributed by atoms with Crippen LogP contribution in [0.3, 0.4) is 0 Å². The Kier molecular flexibility index (Phi) is 3.38. The molecular weight excluding hydrogens is 288 g/mol. The summed E-state index contributed by atoms with van der Waals surface area (Å²) in [5.41, 5.74) is 1.32. The molecule has 21 heavy (non-hydrogen) atoms. The molecule has 0 atom stereocenters. The summed E-state index contributed by atoms with van der Waals surface area (Å²) in [4.78, 5) is 11.5. The molecule has 2 aromatic carbocycles. The number of rotatable bonds is 3. The van der Waals surface area contributed by atoms with E-state index >= 15 is 0 Å². The fourth-order valence-electron chi connectivity index (χ4n) is 2.71. The molecule has 1 aromatic heterocycles. The van der Waals surface area contributed by atoms with E-state index in [2.05, 4.69) is 0 Å². The van der Waals surface area contributed by atoms with Gasteiger partial charge in [-0.1, -0.05) is 49.7 Å². The normalized spacial score (nSPS) is 11.6. The number of carboxylic acids is 1. The van der Waals surface area contributed by atoms with Gasteiger partial charge in [0.05, 0.1) is 0 Å². The van der Waals surface area contributed by atoms with Crippen LogP contribution in [0, 0.1) is 5.92 Å². The number of fused-ring (bicyclic) bond motifs is 3. The summed E-state index contributed by atoms with van der Waals surface area (Å²) in [6.07, 6.45) is 0.642. The summed E-state index contributed by atoms with van der Waals surface area (Å²) in [7, 11) is 0. The quantitative estimate of drug-likeness (QED) is 0.729. The highest BCUT2D eigenvalue weighted by molar-refractivity contribution is 6.37. The third-order valence-electron chi connectivity index (χ3n) is 3.55. The molecule has 0 unspecified atom stereocenters. The van der Waals surface area contributed by atoms with Gasteiger partial charge in [-0.2, -0.15) is 0 Å². The van der Waals surface area contributed by atoms with Gasteiger partial charge in [0.25, 0.3) is 0 Å². The zero-order valence-corrected chi connectivity index (χ0v) is 12.6. The molecule has 3 rings (SSSR count). The Bertz CT molecular complexity index is 846. The first-order valence-corrected chi connectivity index (χ1v) is 7.22. The summed E-state index contributed by atoms with van der Waals surface area (Å²) in [5.74, 6) is -0.692. The molecule has 0 aliphatic rings. The predicted molar refractivity (Wildman–Crippen MR) is 84.2 cm³/mol. The monoisotopic (exact) mass is 302 g/mol. The fourth-order valence-corrected chi connectivity index (χ4v) is 2.98. The van der Waals surface area contributed by atoms with Crippen LogP contribution in [-0.2, 0) is 6.42 Å². The van der Waals surface area contributed by atoms with Crippen molar-refractivity contribution in [2.24, 2.45) is 5.92 Å². The molecule has 1 N–H and O–H groups in total. The van der Waals surface area contributed by atoms with E-state index in [4.69, 9.17) is 16.0 Å². The Morgan fingerprint density at radius 2 is 1.90 bits per heavy atom. The Morgan fingerprint density at radius 1 is 1.24 bits per heavy atom. The molecule has 108 valence electrons. The molecule has 3 aromatic rings. The first-order valence-electron chi connectivity index (χ1n) is 6.85. The van der Waals surface area contributed by atoms with Gasteiger partial charge in [0.1, 0.15) is 5.58 Å². The number of carbonyl (C=O) groups is 1. The van der Waals surface area contributed by atoms with Crippen molar-refractivity contribution in [1.29, 1.82) is 0 Å². The van der Waals surface area contributed by atoms with Gasteiger partial charge in [-0.15, -0.1) is 0 Å². The second-order valence-electron chi connectivity index (χ2n) is 5.59. The van der Waals surface area contributed by atoms with E-state index in [0.29, 0.717) is 22.9 Å². The largest absolute Gasteiger partial charge is 0.475 e. The number of halogens is 1. The van der Waals surface area contributed by atoms with Gasteiger partial charge in [-0.25, -0.2) is 4.79 Å². The smallest absolute Gasteiger partial charge is 0.372 e. The van der Waals surface area contributed by atoms with E-state index in [9.17, 15) is 9.90 Å². The van der Waals surface area contributed by atoms with Crippen molar-refractivity contribution in [2.75, 3.05) is 0 Å². The Hall–Kier alpha value is -2.00. The van der Waals surface area contributed by atoms with Crippen molar-refractivity contribution in [3.8, 4) is 0 Å². The Balaban J connectivity index is 2.43. The second kappa shape index (κ2) is 5.08. The average Bonchev–Trinajstić information content (AvgIpc) is 2.78. The first-order chi connectivity index (χ1) is 9.99. The van der Waals surface area contributed by atoms with E-state index in [0.717, 1.165) is 21.7 Å². The minimum atomic E-state index is -1.04. The van der Waals surface area contributed by atoms with Gasteiger partial charge < -0.3 is 9.52 Å². The predicted octanol–water partition coefficient (Wildman–Crippen LogP) is 5.14. The lowest BCUT2D eigenvalue weighted by atomic mass is 9.98. The highest BCUT2D eigenvalue weighted by Crippen LogP contribution is 2.37. The van der Waals surface area contributed by atoms with Crippen LogP contribution in [0.5, 0.6) is 0 Å². The Morgan fingerprint density at radius 3 is 2.52 bits per heavy atom. The number of furan rings is 1. The number of hydrogen-bond donors (Lipinski definition) is 1. The summed E-state index contributed by atoms with van der Waals surface area (Å²) in [5, 5.41) is 12.5. The van der Waals surface area contributed by atoms with Gasteiger partial charge in [-0.3, -0.25) is 0 Å². The SMILES string of the molecule is CC(C)Cc1c(C(=O)O)oc2c1cc(Cl)c1ccccc12. The molecule has 0 amide bonds.